The van der Waals surface area contributed by atoms with E-state index in [4.69, 9.17) is 16.7 Å². The van der Waals surface area contributed by atoms with Crippen molar-refractivity contribution in [2.45, 2.75) is 31.8 Å². The Morgan fingerprint density at radius 2 is 2.03 bits per heavy atom. The van der Waals surface area contributed by atoms with Gasteiger partial charge in [0.05, 0.1) is 15.2 Å². The maximum absolute atomic E-state index is 13.8. The van der Waals surface area contributed by atoms with E-state index >= 15 is 0 Å². The van der Waals surface area contributed by atoms with Crippen molar-refractivity contribution in [3.8, 4) is 0 Å². The molecule has 10 nitrogen and oxygen atoms in total. The Morgan fingerprint density at radius 1 is 1.26 bits per heavy atom. The molecule has 2 heterocycles. The molecule has 3 aromatic rings. The minimum atomic E-state index is -1.18. The fourth-order valence-corrected chi connectivity index (χ4v) is 5.49. The lowest BCUT2D eigenvalue weighted by Gasteiger charge is -2.31. The van der Waals surface area contributed by atoms with Crippen molar-refractivity contribution in [1.29, 1.82) is 0 Å². The molecule has 1 aromatic heterocycles. The molecule has 4 N–H and O–H groups in total. The van der Waals surface area contributed by atoms with E-state index in [9.17, 15) is 18.8 Å². The average molecular weight is 577 g/mol. The SMILES string of the molecule is CN(C(=O)NCc1cccc(F)c1Cl)C(CCC(=O)N1CCNCC1)Cc1ccc2sc(NC(=O)O)nc2c1. The number of likely N-dealkylation sites (N-methyl/N-ethyl adjacent to an activating group) is 1. The second kappa shape index (κ2) is 13.0. The fourth-order valence-electron chi connectivity index (χ4n) is 4.46. The van der Waals surface area contributed by atoms with Gasteiger partial charge in [-0.2, -0.15) is 0 Å². The first-order chi connectivity index (χ1) is 18.7. The number of benzene rings is 2. The first kappa shape index (κ1) is 28.5. The third-order valence-corrected chi connectivity index (χ3v) is 8.00. The zero-order valence-electron chi connectivity index (χ0n) is 21.4. The number of thiazole rings is 1. The monoisotopic (exact) mass is 576 g/mol. The molecule has 1 aliphatic heterocycles. The van der Waals surface area contributed by atoms with Gasteiger partial charge in [-0.15, -0.1) is 0 Å². The number of carboxylic acid groups (broad SMARTS) is 1. The average Bonchev–Trinajstić information content (AvgIpc) is 3.32. The van der Waals surface area contributed by atoms with Crippen molar-refractivity contribution >= 4 is 56.3 Å². The van der Waals surface area contributed by atoms with Gasteiger partial charge in [0, 0.05) is 52.2 Å². The Labute approximate surface area is 234 Å². The normalized spacial score (nSPS) is 14.2. The Bertz CT molecular complexity index is 1350. The lowest BCUT2D eigenvalue weighted by molar-refractivity contribution is -0.132. The molecule has 1 fully saturated rings. The highest BCUT2D eigenvalue weighted by atomic mass is 35.5. The predicted octanol–water partition coefficient (Wildman–Crippen LogP) is 4.14. The maximum Gasteiger partial charge on any atom is 0.410 e. The summed E-state index contributed by atoms with van der Waals surface area (Å²) in [6.45, 7) is 2.87. The van der Waals surface area contributed by atoms with Crippen LogP contribution in [0.1, 0.15) is 24.0 Å². The van der Waals surface area contributed by atoms with Gasteiger partial charge in [0.15, 0.2) is 5.13 Å². The van der Waals surface area contributed by atoms with Gasteiger partial charge in [-0.25, -0.2) is 19.0 Å². The minimum Gasteiger partial charge on any atom is -0.465 e. The number of hydrogen-bond acceptors (Lipinski definition) is 6. The van der Waals surface area contributed by atoms with Crippen LogP contribution < -0.4 is 16.0 Å². The molecule has 208 valence electrons. The topological polar surface area (TPSA) is 127 Å². The predicted molar refractivity (Wildman–Crippen MR) is 149 cm³/mol. The number of fused-ring (bicyclic) bond motifs is 1. The Hall–Kier alpha value is -3.48. The van der Waals surface area contributed by atoms with E-state index in [1.165, 1.54) is 23.5 Å². The molecule has 1 saturated heterocycles. The number of carbonyl (C=O) groups excluding carboxylic acids is 2. The van der Waals surface area contributed by atoms with Gasteiger partial charge in [0.25, 0.3) is 0 Å². The first-order valence-corrected chi connectivity index (χ1v) is 13.7. The number of amides is 4. The van der Waals surface area contributed by atoms with Crippen molar-refractivity contribution in [2.75, 3.05) is 38.5 Å². The van der Waals surface area contributed by atoms with E-state index in [2.05, 4.69) is 20.9 Å². The lowest BCUT2D eigenvalue weighted by Crippen LogP contribution is -2.47. The second-order valence-electron chi connectivity index (χ2n) is 9.26. The lowest BCUT2D eigenvalue weighted by atomic mass is 10.00. The molecule has 0 radical (unpaired) electrons. The van der Waals surface area contributed by atoms with Crippen LogP contribution in [0.3, 0.4) is 0 Å². The van der Waals surface area contributed by atoms with Crippen LogP contribution >= 0.6 is 22.9 Å². The summed E-state index contributed by atoms with van der Waals surface area (Å²) in [6.07, 6.45) is -0.0114. The van der Waals surface area contributed by atoms with Crippen LogP contribution in [0.4, 0.5) is 19.1 Å². The Kier molecular flexibility index (Phi) is 9.54. The second-order valence-corrected chi connectivity index (χ2v) is 10.7. The van der Waals surface area contributed by atoms with E-state index in [1.807, 2.05) is 23.1 Å². The van der Waals surface area contributed by atoms with Crippen molar-refractivity contribution < 1.29 is 23.9 Å². The summed E-state index contributed by atoms with van der Waals surface area (Å²) in [4.78, 5) is 44.7. The molecular formula is C26H30ClFN6O4S. The van der Waals surface area contributed by atoms with Crippen molar-refractivity contribution in [2.24, 2.45) is 0 Å². The van der Waals surface area contributed by atoms with Gasteiger partial charge in [0.1, 0.15) is 5.82 Å². The summed E-state index contributed by atoms with van der Waals surface area (Å²) in [5, 5.41) is 17.5. The molecule has 39 heavy (non-hydrogen) atoms. The number of carbonyl (C=O) groups is 3. The molecule has 2 aromatic carbocycles. The number of nitrogens with zero attached hydrogens (tertiary/aromatic N) is 3. The number of halogens is 2. The fraction of sp³-hybridized carbons (Fsp3) is 0.385. The highest BCUT2D eigenvalue weighted by Gasteiger charge is 2.24. The van der Waals surface area contributed by atoms with Crippen LogP contribution in [0.25, 0.3) is 10.2 Å². The Morgan fingerprint density at radius 3 is 2.77 bits per heavy atom. The molecule has 4 rings (SSSR count). The highest BCUT2D eigenvalue weighted by molar-refractivity contribution is 7.22. The summed E-state index contributed by atoms with van der Waals surface area (Å²) < 4.78 is 14.6. The number of rotatable bonds is 9. The van der Waals surface area contributed by atoms with Crippen molar-refractivity contribution in [3.63, 3.8) is 0 Å². The van der Waals surface area contributed by atoms with Crippen LogP contribution in [-0.4, -0.2) is 77.2 Å². The number of piperazine rings is 1. The van der Waals surface area contributed by atoms with E-state index in [1.54, 1.807) is 18.0 Å². The van der Waals surface area contributed by atoms with E-state index in [0.29, 0.717) is 37.0 Å². The summed E-state index contributed by atoms with van der Waals surface area (Å²) in [6, 6.07) is 9.37. The largest absolute Gasteiger partial charge is 0.465 e. The van der Waals surface area contributed by atoms with Gasteiger partial charge < -0.3 is 25.5 Å². The smallest absolute Gasteiger partial charge is 0.410 e. The van der Waals surface area contributed by atoms with Gasteiger partial charge >= 0.3 is 12.1 Å². The number of anilines is 1. The number of aromatic nitrogens is 1. The zero-order valence-corrected chi connectivity index (χ0v) is 22.9. The summed E-state index contributed by atoms with van der Waals surface area (Å²) in [5.41, 5.74) is 2.00. The third-order valence-electron chi connectivity index (χ3n) is 6.63. The van der Waals surface area contributed by atoms with Crippen LogP contribution in [-0.2, 0) is 17.8 Å². The van der Waals surface area contributed by atoms with Gasteiger partial charge in [0.2, 0.25) is 5.91 Å². The highest BCUT2D eigenvalue weighted by Crippen LogP contribution is 2.28. The molecule has 1 atom stereocenters. The maximum atomic E-state index is 13.8. The standard InChI is InChI=1S/C26H30ClFN6O4S/c1-33(25(36)30-15-17-3-2-4-19(28)23(17)27)18(6-8-22(35)34-11-9-29-10-12-34)13-16-5-7-21-20(14-16)31-24(39-21)32-26(37)38/h2-5,7,14,18,29H,6,8-13,15H2,1H3,(H,30,36)(H,31,32)(H,37,38). The number of hydrogen-bond donors (Lipinski definition) is 4. The zero-order chi connectivity index (χ0) is 27.9. The van der Waals surface area contributed by atoms with Crippen molar-refractivity contribution in [1.82, 2.24) is 25.4 Å². The molecule has 0 saturated carbocycles. The molecule has 13 heteroatoms. The molecule has 1 aliphatic rings. The van der Waals surface area contributed by atoms with Crippen LogP contribution in [0.15, 0.2) is 36.4 Å². The Balaban J connectivity index is 1.48. The molecule has 4 amide bonds. The van der Waals surface area contributed by atoms with Crippen molar-refractivity contribution in [3.05, 3.63) is 58.4 Å². The molecule has 0 aliphatic carbocycles. The quantitative estimate of drug-likeness (QED) is 0.303. The van der Waals surface area contributed by atoms with E-state index in [0.717, 1.165) is 23.4 Å². The van der Waals surface area contributed by atoms with Gasteiger partial charge in [-0.3, -0.25) is 10.1 Å². The summed E-state index contributed by atoms with van der Waals surface area (Å²) in [5.74, 6) is -0.513. The first-order valence-electron chi connectivity index (χ1n) is 12.5. The molecule has 0 spiro atoms. The number of nitrogens with one attached hydrogen (secondary N) is 3. The van der Waals surface area contributed by atoms with Gasteiger partial charge in [-0.1, -0.05) is 41.1 Å². The van der Waals surface area contributed by atoms with E-state index < -0.39 is 11.9 Å². The minimum absolute atomic E-state index is 0.0352. The summed E-state index contributed by atoms with van der Waals surface area (Å²) in [7, 11) is 1.67. The van der Waals surface area contributed by atoms with Crippen LogP contribution in [0.2, 0.25) is 5.02 Å². The summed E-state index contributed by atoms with van der Waals surface area (Å²) >= 11 is 7.26. The molecule has 1 unspecified atom stereocenters. The molecular weight excluding hydrogens is 547 g/mol. The molecule has 0 bridgehead atoms. The third kappa shape index (κ3) is 7.55. The van der Waals surface area contributed by atoms with E-state index in [-0.39, 0.29) is 41.1 Å². The number of urea groups is 1. The van der Waals surface area contributed by atoms with Crippen LogP contribution in [0.5, 0.6) is 0 Å². The van der Waals surface area contributed by atoms with Gasteiger partial charge in [-0.05, 0) is 42.2 Å². The van der Waals surface area contributed by atoms with Crippen LogP contribution in [0, 0.1) is 5.82 Å².